The summed E-state index contributed by atoms with van der Waals surface area (Å²) in [7, 11) is 3.15. The second-order valence-corrected chi connectivity index (χ2v) is 4.02. The molecule has 0 aliphatic heterocycles. The number of aldehydes is 1. The standard InChI is InChI=1S/C12H14ClNO3/c1-14(12(16)8-15)6-5-9-7-10(13)3-4-11(9)17-2/h3-4,7-8H,5-6H2,1-2H3. The van der Waals surface area contributed by atoms with Crippen LogP contribution in [0.1, 0.15) is 5.56 Å². The first-order valence-electron chi connectivity index (χ1n) is 5.11. The molecule has 0 atom stereocenters. The van der Waals surface area contributed by atoms with Crippen LogP contribution in [0.15, 0.2) is 18.2 Å². The highest BCUT2D eigenvalue weighted by molar-refractivity contribution is 6.30. The van der Waals surface area contributed by atoms with E-state index in [2.05, 4.69) is 0 Å². The lowest BCUT2D eigenvalue weighted by Crippen LogP contribution is -2.29. The topological polar surface area (TPSA) is 46.6 Å². The fraction of sp³-hybridized carbons (Fsp3) is 0.333. The zero-order valence-corrected chi connectivity index (χ0v) is 10.5. The summed E-state index contributed by atoms with van der Waals surface area (Å²) < 4.78 is 5.19. The van der Waals surface area contributed by atoms with Gasteiger partial charge in [-0.1, -0.05) is 11.6 Å². The number of hydrogen-bond donors (Lipinski definition) is 0. The number of halogens is 1. The minimum Gasteiger partial charge on any atom is -0.496 e. The number of benzene rings is 1. The number of ether oxygens (including phenoxy) is 1. The first-order valence-corrected chi connectivity index (χ1v) is 5.49. The molecule has 0 saturated heterocycles. The summed E-state index contributed by atoms with van der Waals surface area (Å²) in [5.41, 5.74) is 0.908. The van der Waals surface area contributed by atoms with E-state index in [1.54, 1.807) is 32.4 Å². The third kappa shape index (κ3) is 3.75. The van der Waals surface area contributed by atoms with Gasteiger partial charge < -0.3 is 9.64 Å². The van der Waals surface area contributed by atoms with Crippen LogP contribution in [0.2, 0.25) is 5.02 Å². The molecule has 0 fully saturated rings. The number of methoxy groups -OCH3 is 1. The van der Waals surface area contributed by atoms with Crippen molar-refractivity contribution in [1.82, 2.24) is 4.90 Å². The van der Waals surface area contributed by atoms with E-state index in [0.29, 0.717) is 24.3 Å². The van der Waals surface area contributed by atoms with Gasteiger partial charge in [0.15, 0.2) is 0 Å². The average Bonchev–Trinajstić information content (AvgIpc) is 2.35. The molecule has 4 nitrogen and oxygen atoms in total. The Labute approximate surface area is 105 Å². The molecule has 0 spiro atoms. The summed E-state index contributed by atoms with van der Waals surface area (Å²) in [4.78, 5) is 22.7. The Hall–Kier alpha value is -1.55. The molecule has 0 aliphatic carbocycles. The molecule has 0 N–H and O–H groups in total. The SMILES string of the molecule is COc1ccc(Cl)cc1CCN(C)C(=O)C=O. The van der Waals surface area contributed by atoms with Gasteiger partial charge in [0.2, 0.25) is 6.29 Å². The minimum absolute atomic E-state index is 0.301. The fourth-order valence-electron chi connectivity index (χ4n) is 1.43. The fourth-order valence-corrected chi connectivity index (χ4v) is 1.63. The molecule has 0 bridgehead atoms. The number of nitrogens with zero attached hydrogens (tertiary/aromatic N) is 1. The van der Waals surface area contributed by atoms with Crippen LogP contribution in [0.3, 0.4) is 0 Å². The highest BCUT2D eigenvalue weighted by Gasteiger charge is 2.09. The summed E-state index contributed by atoms with van der Waals surface area (Å²) in [6, 6.07) is 5.31. The van der Waals surface area contributed by atoms with Gasteiger partial charge in [0.25, 0.3) is 5.91 Å². The number of likely N-dealkylation sites (N-methyl/N-ethyl adjacent to an activating group) is 1. The van der Waals surface area contributed by atoms with Crippen molar-refractivity contribution in [3.8, 4) is 5.75 Å². The van der Waals surface area contributed by atoms with Gasteiger partial charge in [0.1, 0.15) is 5.75 Å². The van der Waals surface area contributed by atoms with Gasteiger partial charge in [0, 0.05) is 18.6 Å². The van der Waals surface area contributed by atoms with E-state index in [1.165, 1.54) is 4.90 Å². The van der Waals surface area contributed by atoms with Crippen molar-refractivity contribution in [3.63, 3.8) is 0 Å². The number of carbonyl (C=O) groups is 2. The number of amides is 1. The van der Waals surface area contributed by atoms with Crippen LogP contribution in [-0.2, 0) is 16.0 Å². The van der Waals surface area contributed by atoms with Crippen LogP contribution in [0.5, 0.6) is 5.75 Å². The van der Waals surface area contributed by atoms with Crippen molar-refractivity contribution in [3.05, 3.63) is 28.8 Å². The zero-order valence-electron chi connectivity index (χ0n) is 9.77. The Balaban J connectivity index is 2.71. The molecule has 1 rings (SSSR count). The van der Waals surface area contributed by atoms with Crippen molar-refractivity contribution < 1.29 is 14.3 Å². The predicted molar refractivity (Wildman–Crippen MR) is 65.4 cm³/mol. The lowest BCUT2D eigenvalue weighted by atomic mass is 10.1. The number of rotatable bonds is 5. The Morgan fingerprint density at radius 2 is 2.24 bits per heavy atom. The predicted octanol–water partition coefficient (Wildman–Crippen LogP) is 1.55. The molecule has 0 aromatic heterocycles. The number of carbonyl (C=O) groups excluding carboxylic acids is 2. The molecule has 92 valence electrons. The van der Waals surface area contributed by atoms with Gasteiger partial charge in [-0.15, -0.1) is 0 Å². The summed E-state index contributed by atoms with van der Waals surface area (Å²) in [6.45, 7) is 0.439. The van der Waals surface area contributed by atoms with E-state index in [9.17, 15) is 9.59 Å². The molecule has 0 saturated carbocycles. The molecule has 0 radical (unpaired) electrons. The second-order valence-electron chi connectivity index (χ2n) is 3.58. The molecule has 1 aromatic rings. The van der Waals surface area contributed by atoms with E-state index < -0.39 is 5.91 Å². The van der Waals surface area contributed by atoms with Crippen LogP contribution in [0.25, 0.3) is 0 Å². The maximum absolute atomic E-state index is 11.1. The maximum Gasteiger partial charge on any atom is 0.286 e. The normalized spacial score (nSPS) is 9.82. The van der Waals surface area contributed by atoms with Crippen molar-refractivity contribution in [2.45, 2.75) is 6.42 Å². The lowest BCUT2D eigenvalue weighted by Gasteiger charge is -2.15. The van der Waals surface area contributed by atoms with Crippen LogP contribution < -0.4 is 4.74 Å². The van der Waals surface area contributed by atoms with Gasteiger partial charge >= 0.3 is 0 Å². The first kappa shape index (κ1) is 13.5. The van der Waals surface area contributed by atoms with Gasteiger partial charge in [-0.05, 0) is 30.2 Å². The summed E-state index contributed by atoms with van der Waals surface area (Å²) in [5.74, 6) is 0.187. The van der Waals surface area contributed by atoms with Gasteiger partial charge in [-0.2, -0.15) is 0 Å². The molecule has 0 heterocycles. The average molecular weight is 256 g/mol. The van der Waals surface area contributed by atoms with Crippen molar-refractivity contribution in [1.29, 1.82) is 0 Å². The first-order chi connectivity index (χ1) is 8.08. The maximum atomic E-state index is 11.1. The summed E-state index contributed by atoms with van der Waals surface area (Å²) >= 11 is 5.89. The van der Waals surface area contributed by atoms with Gasteiger partial charge in [0.05, 0.1) is 7.11 Å². The minimum atomic E-state index is -0.536. The van der Waals surface area contributed by atoms with E-state index >= 15 is 0 Å². The molecular weight excluding hydrogens is 242 g/mol. The Morgan fingerprint density at radius 3 is 2.82 bits per heavy atom. The molecule has 1 aromatic carbocycles. The quantitative estimate of drug-likeness (QED) is 0.592. The molecule has 1 amide bonds. The number of hydrogen-bond acceptors (Lipinski definition) is 3. The molecule has 17 heavy (non-hydrogen) atoms. The molecule has 5 heteroatoms. The summed E-state index contributed by atoms with van der Waals surface area (Å²) in [6.07, 6.45) is 0.884. The van der Waals surface area contributed by atoms with Crippen molar-refractivity contribution in [2.24, 2.45) is 0 Å². The van der Waals surface area contributed by atoms with Crippen LogP contribution >= 0.6 is 11.6 Å². The van der Waals surface area contributed by atoms with E-state index in [-0.39, 0.29) is 0 Å². The largest absolute Gasteiger partial charge is 0.496 e. The Morgan fingerprint density at radius 1 is 1.53 bits per heavy atom. The van der Waals surface area contributed by atoms with Crippen molar-refractivity contribution in [2.75, 3.05) is 20.7 Å². The Bertz CT molecular complexity index is 420. The smallest absolute Gasteiger partial charge is 0.286 e. The summed E-state index contributed by atoms with van der Waals surface area (Å²) in [5, 5.41) is 0.616. The van der Waals surface area contributed by atoms with Gasteiger partial charge in [-0.3, -0.25) is 9.59 Å². The van der Waals surface area contributed by atoms with E-state index in [1.807, 2.05) is 0 Å². The molecular formula is C12H14ClNO3. The third-order valence-electron chi connectivity index (χ3n) is 2.44. The third-order valence-corrected chi connectivity index (χ3v) is 2.67. The lowest BCUT2D eigenvalue weighted by molar-refractivity contribution is -0.137. The monoisotopic (exact) mass is 255 g/mol. The molecule has 0 aliphatic rings. The zero-order chi connectivity index (χ0) is 12.8. The molecule has 0 unspecified atom stereocenters. The van der Waals surface area contributed by atoms with Crippen LogP contribution in [0.4, 0.5) is 0 Å². The van der Waals surface area contributed by atoms with E-state index in [0.717, 1.165) is 11.3 Å². The van der Waals surface area contributed by atoms with Crippen LogP contribution in [0, 0.1) is 0 Å². The Kier molecular flexibility index (Phi) is 4.97. The van der Waals surface area contributed by atoms with Crippen LogP contribution in [-0.4, -0.2) is 37.8 Å². The van der Waals surface area contributed by atoms with Crippen molar-refractivity contribution >= 4 is 23.8 Å². The highest BCUT2D eigenvalue weighted by Crippen LogP contribution is 2.23. The highest BCUT2D eigenvalue weighted by atomic mass is 35.5. The van der Waals surface area contributed by atoms with E-state index in [4.69, 9.17) is 16.3 Å². The second kappa shape index (κ2) is 6.25. The van der Waals surface area contributed by atoms with Gasteiger partial charge in [-0.25, -0.2) is 0 Å².